The lowest BCUT2D eigenvalue weighted by Gasteiger charge is -2.05. The van der Waals surface area contributed by atoms with Crippen molar-refractivity contribution in [2.45, 2.75) is 96.8 Å². The minimum atomic E-state index is -0.790. The maximum atomic E-state index is 10.3. The molecule has 0 saturated carbocycles. The third-order valence-corrected chi connectivity index (χ3v) is 4.46. The van der Waals surface area contributed by atoms with Crippen LogP contribution >= 0.6 is 0 Å². The molecule has 4 nitrogen and oxygen atoms in total. The lowest BCUT2D eigenvalue weighted by molar-refractivity contribution is -0.135. The number of nitrogens with one attached hydrogen (secondary N) is 2. The van der Waals surface area contributed by atoms with Gasteiger partial charge in [0.05, 0.1) is 6.54 Å². The quantitative estimate of drug-likeness (QED) is 0.280. The Kier molecular flexibility index (Phi) is 19.9. The summed E-state index contributed by atoms with van der Waals surface area (Å²) >= 11 is 0. The normalized spacial score (nSPS) is 11.0. The van der Waals surface area contributed by atoms with Crippen LogP contribution in [0.15, 0.2) is 0 Å². The third kappa shape index (κ3) is 21.4. The maximum absolute atomic E-state index is 10.3. The number of hydrogen-bond donors (Lipinski definition) is 3. The topological polar surface area (TPSA) is 61.4 Å². The van der Waals surface area contributed by atoms with Crippen molar-refractivity contribution in [2.75, 3.05) is 26.2 Å². The van der Waals surface area contributed by atoms with Crippen LogP contribution in [0.2, 0.25) is 0 Å². The van der Waals surface area contributed by atoms with E-state index in [1.54, 1.807) is 0 Å². The first-order valence-electron chi connectivity index (χ1n) is 10.4. The molecule has 24 heavy (non-hydrogen) atoms. The van der Waals surface area contributed by atoms with Gasteiger partial charge in [0.2, 0.25) is 0 Å². The predicted molar refractivity (Wildman–Crippen MR) is 104 cm³/mol. The standard InChI is InChI=1S/C20H42N2O2/c1-2-3-4-5-6-7-8-9-10-11-12-13-14-15-16-21-17-18-22-19-20(23)24/h21-22H,2-19H2,1H3,(H,23,24). The van der Waals surface area contributed by atoms with Gasteiger partial charge in [0, 0.05) is 13.1 Å². The molecule has 0 aliphatic carbocycles. The van der Waals surface area contributed by atoms with Gasteiger partial charge >= 0.3 is 5.97 Å². The van der Waals surface area contributed by atoms with Gasteiger partial charge in [0.25, 0.3) is 0 Å². The Labute approximate surface area is 150 Å². The molecule has 0 heterocycles. The smallest absolute Gasteiger partial charge is 0.317 e. The van der Waals surface area contributed by atoms with E-state index in [0.29, 0.717) is 0 Å². The summed E-state index contributed by atoms with van der Waals surface area (Å²) in [4.78, 5) is 10.3. The van der Waals surface area contributed by atoms with E-state index in [1.807, 2.05) is 0 Å². The molecule has 0 rings (SSSR count). The fourth-order valence-electron chi connectivity index (χ4n) is 2.94. The summed E-state index contributed by atoms with van der Waals surface area (Å²) in [6.07, 6.45) is 19.5. The van der Waals surface area contributed by atoms with Crippen LogP contribution in [0.1, 0.15) is 96.8 Å². The van der Waals surface area contributed by atoms with Crippen molar-refractivity contribution in [3.8, 4) is 0 Å². The van der Waals surface area contributed by atoms with Crippen LogP contribution < -0.4 is 10.6 Å². The zero-order valence-electron chi connectivity index (χ0n) is 16.1. The van der Waals surface area contributed by atoms with Crippen LogP contribution in [-0.2, 0) is 4.79 Å². The first-order valence-corrected chi connectivity index (χ1v) is 10.4. The summed E-state index contributed by atoms with van der Waals surface area (Å²) in [6, 6.07) is 0. The van der Waals surface area contributed by atoms with Gasteiger partial charge in [0.15, 0.2) is 0 Å². The van der Waals surface area contributed by atoms with Gasteiger partial charge in [0.1, 0.15) is 0 Å². The molecular formula is C20H42N2O2. The average Bonchev–Trinajstić information content (AvgIpc) is 2.56. The average molecular weight is 343 g/mol. The number of carboxylic acids is 1. The Bertz CT molecular complexity index is 260. The Morgan fingerprint density at radius 3 is 1.50 bits per heavy atom. The summed E-state index contributed by atoms with van der Waals surface area (Å²) in [5, 5.41) is 14.7. The fourth-order valence-corrected chi connectivity index (χ4v) is 2.94. The number of carbonyl (C=O) groups is 1. The highest BCUT2D eigenvalue weighted by Crippen LogP contribution is 2.12. The van der Waals surface area contributed by atoms with Gasteiger partial charge in [-0.25, -0.2) is 0 Å². The number of unbranched alkanes of at least 4 members (excludes halogenated alkanes) is 13. The molecule has 0 aliphatic heterocycles. The van der Waals surface area contributed by atoms with Gasteiger partial charge in [-0.05, 0) is 13.0 Å². The molecule has 0 aromatic carbocycles. The van der Waals surface area contributed by atoms with Crippen molar-refractivity contribution < 1.29 is 9.90 Å². The maximum Gasteiger partial charge on any atom is 0.317 e. The van der Waals surface area contributed by atoms with Gasteiger partial charge < -0.3 is 15.7 Å². The molecule has 0 radical (unpaired) electrons. The molecule has 0 fully saturated rings. The highest BCUT2D eigenvalue weighted by Gasteiger charge is 1.95. The molecule has 144 valence electrons. The number of rotatable bonds is 20. The number of hydrogen-bond acceptors (Lipinski definition) is 3. The van der Waals surface area contributed by atoms with Gasteiger partial charge in [-0.3, -0.25) is 4.79 Å². The second-order valence-corrected chi connectivity index (χ2v) is 6.92. The summed E-state index contributed by atoms with van der Waals surface area (Å²) in [7, 11) is 0. The zero-order valence-corrected chi connectivity index (χ0v) is 16.1. The molecule has 0 spiro atoms. The van der Waals surface area contributed by atoms with Gasteiger partial charge in [-0.2, -0.15) is 0 Å². The van der Waals surface area contributed by atoms with Crippen molar-refractivity contribution in [3.63, 3.8) is 0 Å². The molecule has 0 aliphatic rings. The van der Waals surface area contributed by atoms with Gasteiger partial charge in [-0.15, -0.1) is 0 Å². The van der Waals surface area contributed by atoms with Crippen molar-refractivity contribution in [2.24, 2.45) is 0 Å². The minimum Gasteiger partial charge on any atom is -0.480 e. The Morgan fingerprint density at radius 1 is 0.625 bits per heavy atom. The van der Waals surface area contributed by atoms with E-state index in [2.05, 4.69) is 17.6 Å². The van der Waals surface area contributed by atoms with E-state index in [-0.39, 0.29) is 6.54 Å². The van der Waals surface area contributed by atoms with Crippen molar-refractivity contribution in [3.05, 3.63) is 0 Å². The third-order valence-electron chi connectivity index (χ3n) is 4.46. The Hall–Kier alpha value is -0.610. The van der Waals surface area contributed by atoms with Crippen LogP contribution in [0.25, 0.3) is 0 Å². The van der Waals surface area contributed by atoms with Crippen molar-refractivity contribution in [1.82, 2.24) is 10.6 Å². The SMILES string of the molecule is CCCCCCCCCCCCCCCCNCCNCC(=O)O. The highest BCUT2D eigenvalue weighted by molar-refractivity contribution is 5.68. The van der Waals surface area contributed by atoms with Crippen LogP contribution in [0.5, 0.6) is 0 Å². The molecule has 3 N–H and O–H groups in total. The highest BCUT2D eigenvalue weighted by atomic mass is 16.4. The summed E-state index contributed by atoms with van der Waals surface area (Å²) < 4.78 is 0. The van der Waals surface area contributed by atoms with Gasteiger partial charge in [-0.1, -0.05) is 90.4 Å². The summed E-state index contributed by atoms with van der Waals surface area (Å²) in [5.41, 5.74) is 0. The minimum absolute atomic E-state index is 0.0561. The lowest BCUT2D eigenvalue weighted by atomic mass is 10.0. The monoisotopic (exact) mass is 342 g/mol. The fraction of sp³-hybridized carbons (Fsp3) is 0.950. The molecule has 0 saturated heterocycles. The van der Waals surface area contributed by atoms with E-state index in [1.165, 1.54) is 89.9 Å². The van der Waals surface area contributed by atoms with Crippen LogP contribution in [0, 0.1) is 0 Å². The van der Waals surface area contributed by atoms with Crippen LogP contribution in [-0.4, -0.2) is 37.3 Å². The molecule has 4 heteroatoms. The zero-order chi connectivity index (χ0) is 17.7. The molecule has 0 aromatic heterocycles. The lowest BCUT2D eigenvalue weighted by Crippen LogP contribution is -2.31. The van der Waals surface area contributed by atoms with E-state index < -0.39 is 5.97 Å². The Morgan fingerprint density at radius 2 is 1.04 bits per heavy atom. The molecule has 0 aromatic rings. The molecule has 0 amide bonds. The number of carboxylic acid groups (broad SMARTS) is 1. The second kappa shape index (κ2) is 20.4. The first-order chi connectivity index (χ1) is 11.8. The molecule has 0 atom stereocenters. The molecular weight excluding hydrogens is 300 g/mol. The van der Waals surface area contributed by atoms with E-state index in [4.69, 9.17) is 5.11 Å². The second-order valence-electron chi connectivity index (χ2n) is 6.92. The Balaban J connectivity index is 2.97. The van der Waals surface area contributed by atoms with E-state index in [9.17, 15) is 4.79 Å². The number of aliphatic carboxylic acids is 1. The van der Waals surface area contributed by atoms with Crippen molar-refractivity contribution >= 4 is 5.97 Å². The molecule has 0 unspecified atom stereocenters. The van der Waals surface area contributed by atoms with E-state index >= 15 is 0 Å². The van der Waals surface area contributed by atoms with Crippen LogP contribution in [0.4, 0.5) is 0 Å². The largest absolute Gasteiger partial charge is 0.480 e. The van der Waals surface area contributed by atoms with Crippen LogP contribution in [0.3, 0.4) is 0 Å². The van der Waals surface area contributed by atoms with E-state index in [0.717, 1.165) is 19.6 Å². The predicted octanol–water partition coefficient (Wildman–Crippen LogP) is 4.73. The summed E-state index contributed by atoms with van der Waals surface area (Å²) in [5.74, 6) is -0.790. The molecule has 0 bridgehead atoms. The first kappa shape index (κ1) is 23.4. The summed E-state index contributed by atoms with van der Waals surface area (Å²) in [6.45, 7) is 4.96. The van der Waals surface area contributed by atoms with Crippen molar-refractivity contribution in [1.29, 1.82) is 0 Å².